The van der Waals surface area contributed by atoms with Gasteiger partial charge in [-0.05, 0) is 24.3 Å². The van der Waals surface area contributed by atoms with Crippen LogP contribution in [0.25, 0.3) is 4.96 Å². The molecule has 3 heterocycles. The number of hydrogen-bond donors (Lipinski definition) is 0. The van der Waals surface area contributed by atoms with E-state index in [9.17, 15) is 13.2 Å². The molecule has 2 aromatic heterocycles. The van der Waals surface area contributed by atoms with Gasteiger partial charge in [0.2, 0.25) is 15.9 Å². The highest BCUT2D eigenvalue weighted by Gasteiger charge is 2.30. The number of piperazine rings is 1. The molecule has 1 fully saturated rings. The van der Waals surface area contributed by atoms with Crippen molar-refractivity contribution in [2.24, 2.45) is 0 Å². The summed E-state index contributed by atoms with van der Waals surface area (Å²) in [5.41, 5.74) is 1.12. The van der Waals surface area contributed by atoms with E-state index in [4.69, 9.17) is 5.26 Å². The Labute approximate surface area is 166 Å². The van der Waals surface area contributed by atoms with Gasteiger partial charge in [0.25, 0.3) is 0 Å². The number of rotatable bonds is 4. The first-order chi connectivity index (χ1) is 13.5. The summed E-state index contributed by atoms with van der Waals surface area (Å²) in [6, 6.07) is 7.83. The number of aromatic nitrogens is 2. The average Bonchev–Trinajstić information content (AvgIpc) is 3.30. The fourth-order valence-corrected chi connectivity index (χ4v) is 5.30. The third kappa shape index (κ3) is 3.52. The van der Waals surface area contributed by atoms with Crippen molar-refractivity contribution in [2.75, 3.05) is 26.2 Å². The number of carbonyl (C=O) groups is 1. The topological polar surface area (TPSA) is 98.8 Å². The van der Waals surface area contributed by atoms with Crippen LogP contribution < -0.4 is 0 Å². The third-order valence-electron chi connectivity index (χ3n) is 4.69. The molecule has 0 aliphatic carbocycles. The Morgan fingerprint density at radius 3 is 2.54 bits per heavy atom. The number of fused-ring (bicyclic) bond motifs is 1. The highest BCUT2D eigenvalue weighted by atomic mass is 32.2. The quantitative estimate of drug-likeness (QED) is 0.640. The van der Waals surface area contributed by atoms with Crippen LogP contribution in [0, 0.1) is 11.3 Å². The van der Waals surface area contributed by atoms with E-state index in [1.807, 2.05) is 28.2 Å². The summed E-state index contributed by atoms with van der Waals surface area (Å²) in [6.07, 6.45) is 3.94. The van der Waals surface area contributed by atoms with Crippen molar-refractivity contribution in [3.8, 4) is 6.07 Å². The number of hydrogen-bond acceptors (Lipinski definition) is 6. The zero-order valence-corrected chi connectivity index (χ0v) is 16.5. The Bertz CT molecular complexity index is 1120. The maximum Gasteiger partial charge on any atom is 0.243 e. The molecule has 0 spiro atoms. The van der Waals surface area contributed by atoms with Crippen molar-refractivity contribution in [2.45, 2.75) is 11.3 Å². The lowest BCUT2D eigenvalue weighted by atomic mass is 10.2. The second-order valence-electron chi connectivity index (χ2n) is 6.42. The van der Waals surface area contributed by atoms with Crippen LogP contribution in [0.1, 0.15) is 11.3 Å². The van der Waals surface area contributed by atoms with E-state index in [0.717, 1.165) is 4.96 Å². The van der Waals surface area contributed by atoms with Crippen LogP contribution in [-0.4, -0.2) is 59.1 Å². The van der Waals surface area contributed by atoms with Gasteiger partial charge in [0.1, 0.15) is 0 Å². The van der Waals surface area contributed by atoms with Crippen molar-refractivity contribution in [3.05, 3.63) is 53.3 Å². The molecule has 0 N–H and O–H groups in total. The average molecular weight is 416 g/mol. The standard InChI is InChI=1S/C18H17N5O3S2/c19-12-14-1-3-16(4-2-14)28(25,26)23-7-5-21(6-8-23)17(24)11-15-13-22-9-10-27-18(22)20-15/h1-4,9-10,13H,5-8,11H2. The number of nitriles is 1. The van der Waals surface area contributed by atoms with E-state index in [0.29, 0.717) is 24.3 Å². The zero-order chi connectivity index (χ0) is 19.7. The number of nitrogens with zero attached hydrogens (tertiary/aromatic N) is 5. The molecule has 1 saturated heterocycles. The molecule has 10 heteroatoms. The summed E-state index contributed by atoms with van der Waals surface area (Å²) in [7, 11) is -3.63. The van der Waals surface area contributed by atoms with Crippen molar-refractivity contribution in [1.82, 2.24) is 18.6 Å². The lowest BCUT2D eigenvalue weighted by Gasteiger charge is -2.34. The van der Waals surface area contributed by atoms with Gasteiger partial charge >= 0.3 is 0 Å². The van der Waals surface area contributed by atoms with Gasteiger partial charge in [0, 0.05) is 44.0 Å². The molecule has 3 aromatic rings. The van der Waals surface area contributed by atoms with Gasteiger partial charge < -0.3 is 4.90 Å². The molecule has 0 bridgehead atoms. The predicted octanol–water partition coefficient (Wildman–Crippen LogP) is 1.34. The minimum atomic E-state index is -3.63. The molecule has 4 rings (SSSR count). The number of sulfonamides is 1. The van der Waals surface area contributed by atoms with Gasteiger partial charge in [-0.3, -0.25) is 9.20 Å². The second-order valence-corrected chi connectivity index (χ2v) is 9.23. The molecule has 0 atom stereocenters. The minimum Gasteiger partial charge on any atom is -0.340 e. The molecule has 0 radical (unpaired) electrons. The largest absolute Gasteiger partial charge is 0.340 e. The maximum atomic E-state index is 12.8. The number of carbonyl (C=O) groups excluding carboxylic acids is 1. The molecule has 28 heavy (non-hydrogen) atoms. The highest BCUT2D eigenvalue weighted by Crippen LogP contribution is 2.19. The van der Waals surface area contributed by atoms with Crippen molar-refractivity contribution in [1.29, 1.82) is 5.26 Å². The van der Waals surface area contributed by atoms with Gasteiger partial charge in [-0.2, -0.15) is 9.57 Å². The first kappa shape index (κ1) is 18.6. The van der Waals surface area contributed by atoms with Crippen LogP contribution in [0.5, 0.6) is 0 Å². The molecule has 0 unspecified atom stereocenters. The first-order valence-corrected chi connectivity index (χ1v) is 11.0. The fraction of sp³-hybridized carbons (Fsp3) is 0.278. The lowest BCUT2D eigenvalue weighted by molar-refractivity contribution is -0.131. The van der Waals surface area contributed by atoms with E-state index in [1.165, 1.54) is 39.9 Å². The highest BCUT2D eigenvalue weighted by molar-refractivity contribution is 7.89. The predicted molar refractivity (Wildman–Crippen MR) is 103 cm³/mol. The van der Waals surface area contributed by atoms with Crippen LogP contribution in [0.3, 0.4) is 0 Å². The van der Waals surface area contributed by atoms with Gasteiger partial charge in [-0.15, -0.1) is 11.3 Å². The molecular weight excluding hydrogens is 398 g/mol. The Balaban J connectivity index is 1.38. The summed E-state index contributed by atoms with van der Waals surface area (Å²) < 4.78 is 28.8. The van der Waals surface area contributed by atoms with Gasteiger partial charge in [0.15, 0.2) is 4.96 Å². The molecule has 1 amide bonds. The molecule has 1 aromatic carbocycles. The second kappa shape index (κ2) is 7.35. The minimum absolute atomic E-state index is 0.0545. The summed E-state index contributed by atoms with van der Waals surface area (Å²) in [5, 5.41) is 10.8. The molecular formula is C18H17N5O3S2. The Hall–Kier alpha value is -2.74. The van der Waals surface area contributed by atoms with E-state index >= 15 is 0 Å². The molecule has 1 aliphatic heterocycles. The summed E-state index contributed by atoms with van der Waals surface area (Å²) >= 11 is 1.51. The van der Waals surface area contributed by atoms with Crippen molar-refractivity contribution in [3.63, 3.8) is 0 Å². The number of imidazole rings is 1. The van der Waals surface area contributed by atoms with E-state index in [1.54, 1.807) is 4.90 Å². The number of thiazole rings is 1. The fourth-order valence-electron chi connectivity index (χ4n) is 3.16. The monoisotopic (exact) mass is 415 g/mol. The Morgan fingerprint density at radius 2 is 1.89 bits per heavy atom. The van der Waals surface area contributed by atoms with Gasteiger partial charge in [-0.25, -0.2) is 13.4 Å². The molecule has 8 nitrogen and oxygen atoms in total. The van der Waals surface area contributed by atoms with Crippen molar-refractivity contribution >= 4 is 32.2 Å². The number of benzene rings is 1. The van der Waals surface area contributed by atoms with Crippen LogP contribution in [0.4, 0.5) is 0 Å². The molecule has 1 aliphatic rings. The summed E-state index contributed by atoms with van der Waals surface area (Å²) in [6.45, 7) is 1.17. The van der Waals surface area contributed by atoms with E-state index in [2.05, 4.69) is 4.98 Å². The summed E-state index contributed by atoms with van der Waals surface area (Å²) in [4.78, 5) is 19.6. The van der Waals surface area contributed by atoms with Crippen LogP contribution in [-0.2, 0) is 21.2 Å². The van der Waals surface area contributed by atoms with Crippen molar-refractivity contribution < 1.29 is 13.2 Å². The van der Waals surface area contributed by atoms with Gasteiger partial charge in [-0.1, -0.05) is 0 Å². The normalized spacial score (nSPS) is 15.6. The SMILES string of the molecule is N#Cc1ccc(S(=O)(=O)N2CCN(C(=O)Cc3cn4ccsc4n3)CC2)cc1. The number of amides is 1. The smallest absolute Gasteiger partial charge is 0.243 e. The zero-order valence-electron chi connectivity index (χ0n) is 14.9. The molecule has 144 valence electrons. The Morgan fingerprint density at radius 1 is 1.18 bits per heavy atom. The first-order valence-electron chi connectivity index (χ1n) is 8.66. The maximum absolute atomic E-state index is 12.8. The van der Waals surface area contributed by atoms with Gasteiger partial charge in [0.05, 0.1) is 28.6 Å². The Kier molecular flexibility index (Phi) is 4.89. The summed E-state index contributed by atoms with van der Waals surface area (Å²) in [5.74, 6) is -0.0545. The van der Waals surface area contributed by atoms with Crippen LogP contribution >= 0.6 is 11.3 Å². The lowest BCUT2D eigenvalue weighted by Crippen LogP contribution is -2.50. The third-order valence-corrected chi connectivity index (χ3v) is 7.37. The van der Waals surface area contributed by atoms with E-state index in [-0.39, 0.29) is 30.3 Å². The van der Waals surface area contributed by atoms with Crippen LogP contribution in [0.2, 0.25) is 0 Å². The van der Waals surface area contributed by atoms with Crippen LogP contribution in [0.15, 0.2) is 46.9 Å². The molecule has 0 saturated carbocycles. The van der Waals surface area contributed by atoms with E-state index < -0.39 is 10.0 Å².